The summed E-state index contributed by atoms with van der Waals surface area (Å²) in [6.45, 7) is 2.13. The highest BCUT2D eigenvalue weighted by Gasteiger charge is 2.30. The normalized spacial score (nSPS) is 34.1. The Bertz CT molecular complexity index is 263. The fourth-order valence-electron chi connectivity index (χ4n) is 2.91. The van der Waals surface area contributed by atoms with Gasteiger partial charge in [-0.05, 0) is 32.1 Å². The Morgan fingerprint density at radius 3 is 2.41 bits per heavy atom. The smallest absolute Gasteiger partial charge is 0.465 e. The van der Waals surface area contributed by atoms with Crippen LogP contribution in [0.2, 0.25) is 0 Å². The number of hydrogen-bond acceptors (Lipinski definition) is 3. The van der Waals surface area contributed by atoms with Gasteiger partial charge in [0.25, 0.3) is 0 Å². The average Bonchev–Trinajstić information content (AvgIpc) is 2.65. The molecule has 17 heavy (non-hydrogen) atoms. The lowest BCUT2D eigenvalue weighted by Crippen LogP contribution is -2.43. The minimum atomic E-state index is -0.897. The number of halogens is 1. The largest absolute Gasteiger partial charge is 1.00 e. The van der Waals surface area contributed by atoms with Gasteiger partial charge in [-0.1, -0.05) is 0 Å². The Labute approximate surface area is 110 Å². The molecule has 1 atom stereocenters. The molecule has 5 nitrogen and oxygen atoms in total. The number of hydrogen-bond donors (Lipinski definition) is 3. The zero-order valence-electron chi connectivity index (χ0n) is 11.0. The second-order valence-electron chi connectivity index (χ2n) is 5.00. The Morgan fingerprint density at radius 1 is 1.29 bits per heavy atom. The first-order chi connectivity index (χ1) is 7.65. The molecule has 1 amide bonds. The molecule has 1 saturated carbocycles. The Hall–Kier alpha value is -0.520. The van der Waals surface area contributed by atoms with Crippen molar-refractivity contribution in [2.45, 2.75) is 50.2 Å². The Balaban J connectivity index is 0.00000144. The minimum absolute atomic E-state index is 0. The summed E-state index contributed by atoms with van der Waals surface area (Å²) in [5, 5.41) is 11.2. The van der Waals surface area contributed by atoms with Crippen LogP contribution in [0.25, 0.3) is 0 Å². The van der Waals surface area contributed by atoms with Crippen LogP contribution in [0, 0.1) is 0 Å². The van der Waals surface area contributed by atoms with Crippen LogP contribution < -0.4 is 11.1 Å². The van der Waals surface area contributed by atoms with Crippen molar-refractivity contribution in [1.82, 2.24) is 10.2 Å². The summed E-state index contributed by atoms with van der Waals surface area (Å²) in [6.07, 6.45) is 4.32. The average molecular weight is 265 g/mol. The van der Waals surface area contributed by atoms with Gasteiger partial charge in [-0.3, -0.25) is 4.90 Å². The molecule has 0 radical (unpaired) electrons. The minimum Gasteiger partial charge on any atom is -0.465 e. The topological polar surface area (TPSA) is 78.6 Å². The molecule has 2 fully saturated rings. The van der Waals surface area contributed by atoms with Crippen LogP contribution >= 0.6 is 12.4 Å². The predicted molar refractivity (Wildman–Crippen MR) is 69.7 cm³/mol. The fraction of sp³-hybridized carbons (Fsp3) is 0.909. The van der Waals surface area contributed by atoms with Gasteiger partial charge in [-0.25, -0.2) is 4.79 Å². The van der Waals surface area contributed by atoms with Gasteiger partial charge in [0, 0.05) is 31.2 Å². The van der Waals surface area contributed by atoms with E-state index < -0.39 is 6.09 Å². The van der Waals surface area contributed by atoms with Gasteiger partial charge in [0.1, 0.15) is 0 Å². The number of nitrogens with two attached hydrogens (primary N) is 1. The highest BCUT2D eigenvalue weighted by molar-refractivity contribution is 5.85. The van der Waals surface area contributed by atoms with Crippen molar-refractivity contribution in [1.29, 1.82) is 0 Å². The quantitative estimate of drug-likeness (QED) is 0.699. The van der Waals surface area contributed by atoms with E-state index in [0.717, 1.165) is 45.2 Å². The summed E-state index contributed by atoms with van der Waals surface area (Å²) in [4.78, 5) is 13.0. The zero-order valence-corrected chi connectivity index (χ0v) is 10.8. The molecule has 1 saturated heterocycles. The number of carbonyl (C=O) groups is 1. The van der Waals surface area contributed by atoms with Crippen molar-refractivity contribution in [3.05, 3.63) is 0 Å². The highest BCUT2D eigenvalue weighted by atomic mass is 35.5. The van der Waals surface area contributed by atoms with Gasteiger partial charge in [-0.2, -0.15) is 0 Å². The monoisotopic (exact) mass is 264 g/mol. The van der Waals surface area contributed by atoms with Crippen LogP contribution in [0.3, 0.4) is 0 Å². The van der Waals surface area contributed by atoms with Crippen molar-refractivity contribution < 1.29 is 11.3 Å². The van der Waals surface area contributed by atoms with Crippen molar-refractivity contribution in [2.75, 3.05) is 13.1 Å². The summed E-state index contributed by atoms with van der Waals surface area (Å²) in [6, 6.07) is 1.13. The third-order valence-corrected chi connectivity index (χ3v) is 3.80. The van der Waals surface area contributed by atoms with E-state index in [2.05, 4.69) is 10.2 Å². The number of nitrogens with one attached hydrogen (secondary N) is 1. The lowest BCUT2D eigenvalue weighted by atomic mass is 9.90. The second kappa shape index (κ2) is 6.42. The Kier molecular flexibility index (Phi) is 5.49. The molecule has 1 unspecified atom stereocenters. The van der Waals surface area contributed by atoms with E-state index in [1.54, 1.807) is 0 Å². The van der Waals surface area contributed by atoms with Crippen LogP contribution in [-0.4, -0.2) is 47.3 Å². The molecule has 0 bridgehead atoms. The molecule has 4 N–H and O–H groups in total. The molecule has 100 valence electrons. The highest BCUT2D eigenvalue weighted by Crippen LogP contribution is 2.25. The van der Waals surface area contributed by atoms with E-state index in [4.69, 9.17) is 10.8 Å². The summed E-state index contributed by atoms with van der Waals surface area (Å²) in [5.74, 6) is 0. The maximum Gasteiger partial charge on any atom is 1.00 e. The van der Waals surface area contributed by atoms with E-state index in [1.165, 1.54) is 0 Å². The van der Waals surface area contributed by atoms with Gasteiger partial charge in [0.15, 0.2) is 0 Å². The van der Waals surface area contributed by atoms with Crippen LogP contribution in [0.4, 0.5) is 4.79 Å². The molecule has 1 heterocycles. The third kappa shape index (κ3) is 4.01. The summed E-state index contributed by atoms with van der Waals surface area (Å²) < 4.78 is 0. The van der Waals surface area contributed by atoms with E-state index >= 15 is 0 Å². The standard InChI is InChI=1S/C11H21N3O2.ClH/c12-8-5-6-14(7-8)10-3-1-9(2-4-10)13-11(15)16;/h8-10,13H,1-7,12H2,(H,15,16);1H/p+1. The fourth-order valence-corrected chi connectivity index (χ4v) is 2.91. The van der Waals surface area contributed by atoms with E-state index in [-0.39, 0.29) is 19.9 Å². The van der Waals surface area contributed by atoms with Crippen molar-refractivity contribution in [3.63, 3.8) is 0 Å². The lowest BCUT2D eigenvalue weighted by molar-refractivity contribution is 0.159. The predicted octanol–water partition coefficient (Wildman–Crippen LogP) is 1.13. The van der Waals surface area contributed by atoms with Gasteiger partial charge in [0.05, 0.1) is 0 Å². The van der Waals surface area contributed by atoms with Crippen LogP contribution in [0.15, 0.2) is 0 Å². The molecule has 0 aromatic carbocycles. The second-order valence-corrected chi connectivity index (χ2v) is 5.00. The number of likely N-dealkylation sites (tertiary alicyclic amines) is 1. The van der Waals surface area contributed by atoms with Crippen molar-refractivity contribution in [2.24, 2.45) is 5.73 Å². The molecule has 0 aromatic rings. The molecule has 2 aliphatic rings. The zero-order chi connectivity index (χ0) is 11.5. The molecule has 2 rings (SSSR count). The van der Waals surface area contributed by atoms with Crippen LogP contribution in [0.1, 0.15) is 33.5 Å². The van der Waals surface area contributed by atoms with Crippen LogP contribution in [-0.2, 0) is 0 Å². The summed E-state index contributed by atoms with van der Waals surface area (Å²) >= 11 is 0. The molecule has 6 heteroatoms. The molecule has 1 aliphatic carbocycles. The number of amides is 1. The summed E-state index contributed by atoms with van der Waals surface area (Å²) in [7, 11) is 0. The van der Waals surface area contributed by atoms with Gasteiger partial charge < -0.3 is 16.2 Å². The first kappa shape index (κ1) is 14.5. The molecular weight excluding hydrogens is 242 g/mol. The molecule has 1 aliphatic heterocycles. The van der Waals surface area contributed by atoms with Crippen molar-refractivity contribution in [3.8, 4) is 0 Å². The SMILES string of the molecule is Cl.NC1CCN(C2CCC(NC(=O)O)CC2)C1.[H+]. The number of rotatable bonds is 2. The number of carboxylic acid groups (broad SMARTS) is 1. The molecule has 0 spiro atoms. The van der Waals surface area contributed by atoms with E-state index in [1.807, 2.05) is 0 Å². The molecular formula is C11H23ClN3O2+. The Morgan fingerprint density at radius 2 is 1.94 bits per heavy atom. The van der Waals surface area contributed by atoms with E-state index in [9.17, 15) is 4.79 Å². The maximum atomic E-state index is 10.5. The first-order valence-corrected chi connectivity index (χ1v) is 6.14. The maximum absolute atomic E-state index is 10.5. The number of nitrogens with zero attached hydrogens (tertiary/aromatic N) is 1. The first-order valence-electron chi connectivity index (χ1n) is 6.14. The van der Waals surface area contributed by atoms with E-state index in [0.29, 0.717) is 12.1 Å². The van der Waals surface area contributed by atoms with Gasteiger partial charge in [0.2, 0.25) is 0 Å². The third-order valence-electron chi connectivity index (χ3n) is 3.80. The van der Waals surface area contributed by atoms with Gasteiger partial charge >= 0.3 is 7.52 Å². The lowest BCUT2D eigenvalue weighted by Gasteiger charge is -2.34. The molecule has 0 aromatic heterocycles. The summed E-state index contributed by atoms with van der Waals surface area (Å²) in [5.41, 5.74) is 5.89. The van der Waals surface area contributed by atoms with Crippen molar-refractivity contribution >= 4 is 18.5 Å². The van der Waals surface area contributed by atoms with Gasteiger partial charge in [-0.15, -0.1) is 12.4 Å². The van der Waals surface area contributed by atoms with Crippen LogP contribution in [0.5, 0.6) is 0 Å².